The average Bonchev–Trinajstić information content (AvgIpc) is 2.78. The summed E-state index contributed by atoms with van der Waals surface area (Å²) in [6, 6.07) is 16.0. The fraction of sp³-hybridized carbons (Fsp3) is 0.200. The zero-order chi connectivity index (χ0) is 16.6. The SMILES string of the molecule is COc1ncncc1C1(O)c2ccccc2CCc2ccccc21. The lowest BCUT2D eigenvalue weighted by Crippen LogP contribution is -2.31. The molecule has 1 aliphatic carbocycles. The molecule has 0 spiro atoms. The van der Waals surface area contributed by atoms with Crippen LogP contribution in [0.1, 0.15) is 27.8 Å². The summed E-state index contributed by atoms with van der Waals surface area (Å²) in [6.45, 7) is 0. The molecule has 0 unspecified atom stereocenters. The average molecular weight is 318 g/mol. The minimum absolute atomic E-state index is 0.388. The van der Waals surface area contributed by atoms with Crippen molar-refractivity contribution in [2.24, 2.45) is 0 Å². The molecule has 120 valence electrons. The van der Waals surface area contributed by atoms with Gasteiger partial charge in [-0.25, -0.2) is 9.97 Å². The third-order valence-electron chi connectivity index (χ3n) is 4.74. The normalized spacial score (nSPS) is 15.1. The van der Waals surface area contributed by atoms with Crippen LogP contribution in [0.2, 0.25) is 0 Å². The molecule has 3 aromatic rings. The molecule has 2 aromatic carbocycles. The molecular weight excluding hydrogens is 300 g/mol. The van der Waals surface area contributed by atoms with Crippen molar-refractivity contribution in [2.75, 3.05) is 7.11 Å². The Bertz CT molecular complexity index is 845. The second-order valence-electron chi connectivity index (χ2n) is 5.97. The van der Waals surface area contributed by atoms with Gasteiger partial charge in [-0.05, 0) is 35.1 Å². The molecule has 0 bridgehead atoms. The standard InChI is InChI=1S/C20H18N2O2/c1-24-19-18(12-21-13-22-19)20(23)16-8-4-2-6-14(16)10-11-15-7-3-5-9-17(15)20/h2-9,12-13,23H,10-11H2,1H3. The number of hydrogen-bond donors (Lipinski definition) is 1. The van der Waals surface area contributed by atoms with E-state index in [0.29, 0.717) is 11.4 Å². The Balaban J connectivity index is 2.09. The molecule has 1 heterocycles. The smallest absolute Gasteiger partial charge is 0.223 e. The van der Waals surface area contributed by atoms with Crippen LogP contribution in [0.15, 0.2) is 61.1 Å². The van der Waals surface area contributed by atoms with E-state index >= 15 is 0 Å². The van der Waals surface area contributed by atoms with Gasteiger partial charge in [0.1, 0.15) is 11.9 Å². The highest BCUT2D eigenvalue weighted by Gasteiger charge is 2.41. The number of fused-ring (bicyclic) bond motifs is 2. The number of aliphatic hydroxyl groups is 1. The van der Waals surface area contributed by atoms with Gasteiger partial charge in [0.25, 0.3) is 0 Å². The summed E-state index contributed by atoms with van der Waals surface area (Å²) in [7, 11) is 1.56. The molecule has 1 N–H and O–H groups in total. The summed E-state index contributed by atoms with van der Waals surface area (Å²) in [4.78, 5) is 8.34. The third-order valence-corrected chi connectivity index (χ3v) is 4.74. The van der Waals surface area contributed by atoms with Crippen LogP contribution in [0.4, 0.5) is 0 Å². The number of ether oxygens (including phenoxy) is 1. The molecule has 0 amide bonds. The van der Waals surface area contributed by atoms with Gasteiger partial charge in [0.05, 0.1) is 12.7 Å². The van der Waals surface area contributed by atoms with Crippen molar-refractivity contribution in [3.8, 4) is 5.88 Å². The van der Waals surface area contributed by atoms with E-state index in [0.717, 1.165) is 35.1 Å². The maximum absolute atomic E-state index is 12.0. The van der Waals surface area contributed by atoms with Crippen molar-refractivity contribution in [2.45, 2.75) is 18.4 Å². The van der Waals surface area contributed by atoms with Crippen LogP contribution in [0, 0.1) is 0 Å². The lowest BCUT2D eigenvalue weighted by atomic mass is 9.79. The highest BCUT2D eigenvalue weighted by atomic mass is 16.5. The first-order valence-corrected chi connectivity index (χ1v) is 7.98. The fourth-order valence-electron chi connectivity index (χ4n) is 3.62. The zero-order valence-electron chi connectivity index (χ0n) is 13.4. The van der Waals surface area contributed by atoms with Crippen LogP contribution in [-0.4, -0.2) is 22.2 Å². The molecule has 24 heavy (non-hydrogen) atoms. The Morgan fingerprint density at radius 3 is 2.08 bits per heavy atom. The fourth-order valence-corrected chi connectivity index (χ4v) is 3.62. The molecular formula is C20H18N2O2. The molecule has 0 radical (unpaired) electrons. The predicted molar refractivity (Wildman–Crippen MR) is 91.0 cm³/mol. The maximum atomic E-state index is 12.0. The Labute approximate surface area is 140 Å². The van der Waals surface area contributed by atoms with E-state index < -0.39 is 5.60 Å². The topological polar surface area (TPSA) is 55.2 Å². The van der Waals surface area contributed by atoms with Crippen LogP contribution in [-0.2, 0) is 18.4 Å². The largest absolute Gasteiger partial charge is 0.481 e. The van der Waals surface area contributed by atoms with E-state index in [4.69, 9.17) is 4.74 Å². The molecule has 4 nitrogen and oxygen atoms in total. The van der Waals surface area contributed by atoms with E-state index in [1.807, 2.05) is 36.4 Å². The molecule has 0 saturated carbocycles. The van der Waals surface area contributed by atoms with Gasteiger partial charge in [-0.1, -0.05) is 48.5 Å². The molecule has 0 fully saturated rings. The van der Waals surface area contributed by atoms with E-state index in [9.17, 15) is 5.11 Å². The van der Waals surface area contributed by atoms with Crippen molar-refractivity contribution < 1.29 is 9.84 Å². The van der Waals surface area contributed by atoms with E-state index in [2.05, 4.69) is 22.1 Å². The van der Waals surface area contributed by atoms with Gasteiger partial charge in [-0.15, -0.1) is 0 Å². The summed E-state index contributed by atoms with van der Waals surface area (Å²) in [5.41, 5.74) is 3.21. The lowest BCUT2D eigenvalue weighted by molar-refractivity contribution is 0.120. The van der Waals surface area contributed by atoms with Crippen LogP contribution in [0.5, 0.6) is 5.88 Å². The van der Waals surface area contributed by atoms with E-state index in [1.54, 1.807) is 13.3 Å². The van der Waals surface area contributed by atoms with Gasteiger partial charge in [-0.3, -0.25) is 0 Å². The van der Waals surface area contributed by atoms with Crippen molar-refractivity contribution in [3.05, 3.63) is 88.9 Å². The van der Waals surface area contributed by atoms with Gasteiger partial charge in [0, 0.05) is 6.20 Å². The van der Waals surface area contributed by atoms with Crippen LogP contribution in [0.25, 0.3) is 0 Å². The van der Waals surface area contributed by atoms with Crippen molar-refractivity contribution in [1.29, 1.82) is 0 Å². The first-order chi connectivity index (χ1) is 11.7. The molecule has 0 atom stereocenters. The number of hydrogen-bond acceptors (Lipinski definition) is 4. The van der Waals surface area contributed by atoms with Gasteiger partial charge in [0.15, 0.2) is 0 Å². The number of methoxy groups -OCH3 is 1. The molecule has 0 saturated heterocycles. The second-order valence-corrected chi connectivity index (χ2v) is 5.97. The van der Waals surface area contributed by atoms with Crippen molar-refractivity contribution in [3.63, 3.8) is 0 Å². The predicted octanol–water partition coefficient (Wildman–Crippen LogP) is 2.87. The summed E-state index contributed by atoms with van der Waals surface area (Å²) in [5, 5.41) is 12.0. The highest BCUT2D eigenvalue weighted by molar-refractivity contribution is 5.56. The highest BCUT2D eigenvalue weighted by Crippen LogP contribution is 2.44. The summed E-state index contributed by atoms with van der Waals surface area (Å²) in [5.74, 6) is 0.388. The van der Waals surface area contributed by atoms with Gasteiger partial charge in [0.2, 0.25) is 5.88 Å². The monoisotopic (exact) mass is 318 g/mol. The number of rotatable bonds is 2. The van der Waals surface area contributed by atoms with Gasteiger partial charge >= 0.3 is 0 Å². The molecule has 4 rings (SSSR count). The summed E-state index contributed by atoms with van der Waals surface area (Å²) >= 11 is 0. The Morgan fingerprint density at radius 2 is 1.50 bits per heavy atom. The lowest BCUT2D eigenvalue weighted by Gasteiger charge is -2.31. The van der Waals surface area contributed by atoms with Crippen molar-refractivity contribution >= 4 is 0 Å². The summed E-state index contributed by atoms with van der Waals surface area (Å²) in [6.07, 6.45) is 4.84. The van der Waals surface area contributed by atoms with Crippen LogP contribution < -0.4 is 4.74 Å². The Kier molecular flexibility index (Phi) is 3.54. The minimum atomic E-state index is -1.34. The number of benzene rings is 2. The maximum Gasteiger partial charge on any atom is 0.223 e. The number of aromatic nitrogens is 2. The molecule has 4 heteroatoms. The van der Waals surface area contributed by atoms with Crippen molar-refractivity contribution in [1.82, 2.24) is 9.97 Å². The van der Waals surface area contributed by atoms with E-state index in [1.165, 1.54) is 6.33 Å². The quantitative estimate of drug-likeness (QED) is 0.789. The van der Waals surface area contributed by atoms with Crippen LogP contribution in [0.3, 0.4) is 0 Å². The van der Waals surface area contributed by atoms with Gasteiger partial charge in [-0.2, -0.15) is 0 Å². The Morgan fingerprint density at radius 1 is 0.917 bits per heavy atom. The molecule has 1 aromatic heterocycles. The Hall–Kier alpha value is -2.72. The third kappa shape index (κ3) is 2.11. The minimum Gasteiger partial charge on any atom is -0.481 e. The molecule has 1 aliphatic rings. The number of aryl methyl sites for hydroxylation is 2. The van der Waals surface area contributed by atoms with Gasteiger partial charge < -0.3 is 9.84 Å². The first-order valence-electron chi connectivity index (χ1n) is 7.98. The second kappa shape index (κ2) is 5.73. The zero-order valence-corrected chi connectivity index (χ0v) is 13.4. The summed E-state index contributed by atoms with van der Waals surface area (Å²) < 4.78 is 5.42. The molecule has 0 aliphatic heterocycles. The number of nitrogens with zero attached hydrogens (tertiary/aromatic N) is 2. The first kappa shape index (κ1) is 14.8. The van der Waals surface area contributed by atoms with E-state index in [-0.39, 0.29) is 0 Å². The van der Waals surface area contributed by atoms with Crippen LogP contribution >= 0.6 is 0 Å².